The Kier molecular flexibility index (Phi) is 4.43. The first-order valence-corrected chi connectivity index (χ1v) is 7.44. The molecule has 22 heavy (non-hydrogen) atoms. The number of hydrogen-bond acceptors (Lipinski definition) is 4. The first-order chi connectivity index (χ1) is 10.7. The summed E-state index contributed by atoms with van der Waals surface area (Å²) in [6.07, 6.45) is -0.531. The third-order valence-corrected chi connectivity index (χ3v) is 4.16. The van der Waals surface area contributed by atoms with E-state index in [1.54, 1.807) is 7.11 Å². The SMILES string of the molecule is COc1ccc(C2(NCC(O)c3ccccc3)COC2)cc1. The van der Waals surface area contributed by atoms with Gasteiger partial charge in [-0.3, -0.25) is 0 Å². The predicted octanol–water partition coefficient (Wildman–Crippen LogP) is 2.24. The minimum absolute atomic E-state index is 0.220. The Morgan fingerprint density at radius 2 is 1.82 bits per heavy atom. The maximum absolute atomic E-state index is 10.3. The highest BCUT2D eigenvalue weighted by Gasteiger charge is 2.40. The Bertz CT molecular complexity index is 593. The lowest BCUT2D eigenvalue weighted by atomic mass is 9.87. The van der Waals surface area contributed by atoms with E-state index in [1.807, 2.05) is 54.6 Å². The lowest BCUT2D eigenvalue weighted by Crippen LogP contribution is -2.58. The van der Waals surface area contributed by atoms with Crippen LogP contribution in [-0.4, -0.2) is 32.0 Å². The zero-order chi connectivity index (χ0) is 15.4. The number of ether oxygens (including phenoxy) is 2. The van der Waals surface area contributed by atoms with Gasteiger partial charge in [0.15, 0.2) is 0 Å². The zero-order valence-electron chi connectivity index (χ0n) is 12.7. The summed E-state index contributed by atoms with van der Waals surface area (Å²) in [5.41, 5.74) is 1.85. The Morgan fingerprint density at radius 1 is 1.14 bits per heavy atom. The van der Waals surface area contributed by atoms with E-state index < -0.39 is 6.10 Å². The van der Waals surface area contributed by atoms with Gasteiger partial charge in [-0.2, -0.15) is 0 Å². The largest absolute Gasteiger partial charge is 0.497 e. The van der Waals surface area contributed by atoms with E-state index in [0.717, 1.165) is 16.9 Å². The molecule has 1 heterocycles. The molecular weight excluding hydrogens is 278 g/mol. The Hall–Kier alpha value is -1.88. The first kappa shape index (κ1) is 15.0. The molecule has 116 valence electrons. The smallest absolute Gasteiger partial charge is 0.118 e. The van der Waals surface area contributed by atoms with Crippen LogP contribution < -0.4 is 10.1 Å². The fraction of sp³-hybridized carbons (Fsp3) is 0.333. The van der Waals surface area contributed by atoms with Crippen molar-refractivity contribution in [3.05, 3.63) is 65.7 Å². The molecule has 1 fully saturated rings. The lowest BCUT2D eigenvalue weighted by molar-refractivity contribution is -0.0824. The van der Waals surface area contributed by atoms with E-state index >= 15 is 0 Å². The molecule has 1 aliphatic rings. The van der Waals surface area contributed by atoms with Gasteiger partial charge in [-0.1, -0.05) is 42.5 Å². The summed E-state index contributed by atoms with van der Waals surface area (Å²) in [5, 5.41) is 13.8. The molecule has 0 spiro atoms. The zero-order valence-corrected chi connectivity index (χ0v) is 12.7. The van der Waals surface area contributed by atoms with Crippen LogP contribution >= 0.6 is 0 Å². The van der Waals surface area contributed by atoms with Gasteiger partial charge in [-0.15, -0.1) is 0 Å². The highest BCUT2D eigenvalue weighted by Crippen LogP contribution is 2.31. The topological polar surface area (TPSA) is 50.7 Å². The van der Waals surface area contributed by atoms with Crippen molar-refractivity contribution in [1.29, 1.82) is 0 Å². The van der Waals surface area contributed by atoms with Crippen LogP contribution in [-0.2, 0) is 10.3 Å². The van der Waals surface area contributed by atoms with Gasteiger partial charge >= 0.3 is 0 Å². The van der Waals surface area contributed by atoms with E-state index in [2.05, 4.69) is 5.32 Å². The molecule has 0 aliphatic carbocycles. The van der Waals surface area contributed by atoms with E-state index in [9.17, 15) is 5.11 Å². The molecule has 0 amide bonds. The average Bonchev–Trinajstić information content (AvgIpc) is 2.55. The van der Waals surface area contributed by atoms with Gasteiger partial charge in [-0.05, 0) is 23.3 Å². The van der Waals surface area contributed by atoms with Crippen LogP contribution in [0.1, 0.15) is 17.2 Å². The van der Waals surface area contributed by atoms with Crippen molar-refractivity contribution in [3.63, 3.8) is 0 Å². The van der Waals surface area contributed by atoms with Gasteiger partial charge in [0.05, 0.1) is 32.0 Å². The van der Waals surface area contributed by atoms with Gasteiger partial charge in [0.2, 0.25) is 0 Å². The number of hydrogen-bond donors (Lipinski definition) is 2. The molecule has 0 saturated carbocycles. The first-order valence-electron chi connectivity index (χ1n) is 7.44. The monoisotopic (exact) mass is 299 g/mol. The fourth-order valence-electron chi connectivity index (χ4n) is 2.67. The molecule has 4 heteroatoms. The van der Waals surface area contributed by atoms with Crippen molar-refractivity contribution in [1.82, 2.24) is 5.32 Å². The van der Waals surface area contributed by atoms with Gasteiger partial charge in [0, 0.05) is 6.54 Å². The number of nitrogens with one attached hydrogen (secondary N) is 1. The molecule has 0 aromatic heterocycles. The highest BCUT2D eigenvalue weighted by atomic mass is 16.5. The molecule has 2 aromatic carbocycles. The minimum atomic E-state index is -0.531. The van der Waals surface area contributed by atoms with Crippen LogP contribution in [0, 0.1) is 0 Å². The van der Waals surface area contributed by atoms with Crippen molar-refractivity contribution < 1.29 is 14.6 Å². The van der Waals surface area contributed by atoms with Crippen LogP contribution in [0.25, 0.3) is 0 Å². The summed E-state index contributed by atoms with van der Waals surface area (Å²) in [5.74, 6) is 0.837. The third kappa shape index (κ3) is 2.99. The van der Waals surface area contributed by atoms with E-state index in [0.29, 0.717) is 19.8 Å². The van der Waals surface area contributed by atoms with Gasteiger partial charge < -0.3 is 19.9 Å². The molecule has 2 N–H and O–H groups in total. The molecule has 0 bridgehead atoms. The summed E-state index contributed by atoms with van der Waals surface area (Å²) in [7, 11) is 1.66. The van der Waals surface area contributed by atoms with Crippen LogP contribution in [0.3, 0.4) is 0 Å². The number of rotatable bonds is 6. The molecule has 1 aliphatic heterocycles. The van der Waals surface area contributed by atoms with Crippen LogP contribution in [0.5, 0.6) is 5.75 Å². The Morgan fingerprint density at radius 3 is 2.36 bits per heavy atom. The summed E-state index contributed by atoms with van der Waals surface area (Å²) >= 11 is 0. The maximum Gasteiger partial charge on any atom is 0.118 e. The molecule has 1 atom stereocenters. The third-order valence-electron chi connectivity index (χ3n) is 4.16. The minimum Gasteiger partial charge on any atom is -0.497 e. The quantitative estimate of drug-likeness (QED) is 0.859. The molecule has 3 rings (SSSR count). The molecule has 2 aromatic rings. The summed E-state index contributed by atoms with van der Waals surface area (Å²) in [6, 6.07) is 17.7. The van der Waals surface area contributed by atoms with Crippen molar-refractivity contribution >= 4 is 0 Å². The molecular formula is C18H21NO3. The van der Waals surface area contributed by atoms with Crippen molar-refractivity contribution in [3.8, 4) is 5.75 Å². The summed E-state index contributed by atoms with van der Waals surface area (Å²) in [4.78, 5) is 0. The summed E-state index contributed by atoms with van der Waals surface area (Å²) in [6.45, 7) is 1.71. The number of benzene rings is 2. The van der Waals surface area contributed by atoms with E-state index in [4.69, 9.17) is 9.47 Å². The van der Waals surface area contributed by atoms with Crippen LogP contribution in [0.2, 0.25) is 0 Å². The number of aliphatic hydroxyl groups is 1. The van der Waals surface area contributed by atoms with Gasteiger partial charge in [-0.25, -0.2) is 0 Å². The van der Waals surface area contributed by atoms with Gasteiger partial charge in [0.1, 0.15) is 5.75 Å². The van der Waals surface area contributed by atoms with Crippen molar-refractivity contribution in [2.75, 3.05) is 26.9 Å². The highest BCUT2D eigenvalue weighted by molar-refractivity contribution is 5.33. The second-order valence-electron chi connectivity index (χ2n) is 5.61. The van der Waals surface area contributed by atoms with Crippen LogP contribution in [0.4, 0.5) is 0 Å². The number of methoxy groups -OCH3 is 1. The Balaban J connectivity index is 1.68. The van der Waals surface area contributed by atoms with E-state index in [-0.39, 0.29) is 5.54 Å². The van der Waals surface area contributed by atoms with Crippen molar-refractivity contribution in [2.24, 2.45) is 0 Å². The lowest BCUT2D eigenvalue weighted by Gasteiger charge is -2.43. The van der Waals surface area contributed by atoms with Gasteiger partial charge in [0.25, 0.3) is 0 Å². The standard InChI is InChI=1S/C18H21NO3/c1-21-16-9-7-15(8-10-16)18(12-22-13-18)19-11-17(20)14-5-3-2-4-6-14/h2-10,17,19-20H,11-13H2,1H3. The normalized spacial score (nSPS) is 17.5. The fourth-order valence-corrected chi connectivity index (χ4v) is 2.67. The molecule has 0 radical (unpaired) electrons. The second kappa shape index (κ2) is 6.48. The molecule has 1 saturated heterocycles. The number of aliphatic hydroxyl groups excluding tert-OH is 1. The summed E-state index contributed by atoms with van der Waals surface area (Å²) < 4.78 is 10.6. The average molecular weight is 299 g/mol. The van der Waals surface area contributed by atoms with E-state index in [1.165, 1.54) is 0 Å². The van der Waals surface area contributed by atoms with Crippen LogP contribution in [0.15, 0.2) is 54.6 Å². The maximum atomic E-state index is 10.3. The predicted molar refractivity (Wildman–Crippen MR) is 84.9 cm³/mol. The Labute approximate surface area is 130 Å². The molecule has 4 nitrogen and oxygen atoms in total. The second-order valence-corrected chi connectivity index (χ2v) is 5.61. The van der Waals surface area contributed by atoms with Crippen molar-refractivity contribution in [2.45, 2.75) is 11.6 Å². The molecule has 1 unspecified atom stereocenters.